The predicted molar refractivity (Wildman–Crippen MR) is 63.5 cm³/mol. The van der Waals surface area contributed by atoms with E-state index in [0.717, 1.165) is 0 Å². The van der Waals surface area contributed by atoms with Gasteiger partial charge in [-0.05, 0) is 6.07 Å². The number of nitrogens with one attached hydrogen (secondary N) is 1. The number of anilines is 2. The topological polar surface area (TPSA) is 90.2 Å². The number of ether oxygens (including phenoxy) is 1. The van der Waals surface area contributed by atoms with Crippen LogP contribution < -0.4 is 10.1 Å². The molecule has 0 aliphatic carbocycles. The molecule has 0 amide bonds. The molecule has 90 valence electrons. The fourth-order valence-electron chi connectivity index (χ4n) is 1.58. The summed E-state index contributed by atoms with van der Waals surface area (Å²) in [5.41, 5.74) is 1.12. The highest BCUT2D eigenvalue weighted by molar-refractivity contribution is 6.29. The summed E-state index contributed by atoms with van der Waals surface area (Å²) in [5, 5.41) is 21.3. The molecular weight excluding hydrogens is 260 g/mol. The first-order valence-corrected chi connectivity index (χ1v) is 5.28. The van der Waals surface area contributed by atoms with E-state index in [9.17, 15) is 10.1 Å². The van der Waals surface area contributed by atoms with Crippen LogP contribution in [0.25, 0.3) is 0 Å². The van der Waals surface area contributed by atoms with Crippen molar-refractivity contribution in [3.05, 3.63) is 39.5 Å². The molecule has 0 spiro atoms. The van der Waals surface area contributed by atoms with Crippen LogP contribution in [0.5, 0.6) is 11.6 Å². The van der Waals surface area contributed by atoms with Crippen molar-refractivity contribution in [2.75, 3.05) is 5.32 Å². The average molecular weight is 265 g/mol. The van der Waals surface area contributed by atoms with Crippen molar-refractivity contribution in [3.63, 3.8) is 0 Å². The van der Waals surface area contributed by atoms with E-state index in [-0.39, 0.29) is 16.7 Å². The molecule has 18 heavy (non-hydrogen) atoms. The molecule has 0 unspecified atom stereocenters. The van der Waals surface area contributed by atoms with Crippen LogP contribution >= 0.6 is 11.6 Å². The van der Waals surface area contributed by atoms with Crippen LogP contribution in [0.1, 0.15) is 0 Å². The lowest BCUT2D eigenvalue weighted by atomic mass is 10.2. The zero-order valence-electron chi connectivity index (χ0n) is 8.75. The highest BCUT2D eigenvalue weighted by Gasteiger charge is 2.21. The Morgan fingerprint density at radius 3 is 2.89 bits per heavy atom. The van der Waals surface area contributed by atoms with Gasteiger partial charge in [0.05, 0.1) is 16.7 Å². The number of non-ortho nitro benzene ring substituents is 1. The third-order valence-corrected chi connectivity index (χ3v) is 2.57. The summed E-state index contributed by atoms with van der Waals surface area (Å²) in [6, 6.07) is 5.83. The molecule has 7 nitrogen and oxygen atoms in total. The van der Waals surface area contributed by atoms with Gasteiger partial charge in [0.25, 0.3) is 11.6 Å². The van der Waals surface area contributed by atoms with Gasteiger partial charge in [-0.1, -0.05) is 11.6 Å². The molecule has 2 heterocycles. The fraction of sp³-hybridized carbons (Fsp3) is 0. The molecule has 0 fully saturated rings. The van der Waals surface area contributed by atoms with Crippen molar-refractivity contribution in [1.82, 2.24) is 10.2 Å². The molecule has 1 aliphatic rings. The Bertz CT molecular complexity index is 662. The Hall–Kier alpha value is -2.41. The van der Waals surface area contributed by atoms with Crippen LogP contribution in [-0.4, -0.2) is 15.1 Å². The summed E-state index contributed by atoms with van der Waals surface area (Å²) < 4.78 is 5.42. The minimum atomic E-state index is -0.493. The van der Waals surface area contributed by atoms with Gasteiger partial charge in [-0.3, -0.25) is 10.1 Å². The molecule has 1 N–H and O–H groups in total. The SMILES string of the molecule is O=[N+]([O-])c1ccc2c(c1)Oc1nnc(Cl)cc1N2. The van der Waals surface area contributed by atoms with Crippen molar-refractivity contribution >= 4 is 28.7 Å². The second-order valence-electron chi connectivity index (χ2n) is 3.55. The van der Waals surface area contributed by atoms with Crippen molar-refractivity contribution in [2.24, 2.45) is 0 Å². The molecule has 1 aliphatic heterocycles. The lowest BCUT2D eigenvalue weighted by molar-refractivity contribution is -0.384. The van der Waals surface area contributed by atoms with E-state index < -0.39 is 4.92 Å². The largest absolute Gasteiger partial charge is 0.434 e. The van der Waals surface area contributed by atoms with Gasteiger partial charge in [-0.25, -0.2) is 0 Å². The third-order valence-electron chi connectivity index (χ3n) is 2.38. The van der Waals surface area contributed by atoms with E-state index >= 15 is 0 Å². The molecule has 1 aromatic heterocycles. The second-order valence-corrected chi connectivity index (χ2v) is 3.94. The summed E-state index contributed by atoms with van der Waals surface area (Å²) in [7, 11) is 0. The van der Waals surface area contributed by atoms with Gasteiger partial charge in [0.2, 0.25) is 0 Å². The van der Waals surface area contributed by atoms with Crippen molar-refractivity contribution in [2.45, 2.75) is 0 Å². The van der Waals surface area contributed by atoms with Crippen LogP contribution in [0.15, 0.2) is 24.3 Å². The van der Waals surface area contributed by atoms with E-state index in [1.807, 2.05) is 0 Å². The quantitative estimate of drug-likeness (QED) is 0.537. The molecule has 0 saturated heterocycles. The second kappa shape index (κ2) is 3.81. The maximum absolute atomic E-state index is 10.7. The predicted octanol–water partition coefficient (Wildman–Crippen LogP) is 2.89. The summed E-state index contributed by atoms with van der Waals surface area (Å²) in [6.45, 7) is 0. The van der Waals surface area contributed by atoms with Gasteiger partial charge in [0.1, 0.15) is 5.69 Å². The number of hydrogen-bond donors (Lipinski definition) is 1. The number of fused-ring (bicyclic) bond motifs is 2. The summed E-state index contributed by atoms with van der Waals surface area (Å²) in [5.74, 6) is 0.556. The van der Waals surface area contributed by atoms with Gasteiger partial charge >= 0.3 is 0 Å². The maximum atomic E-state index is 10.7. The van der Waals surface area contributed by atoms with E-state index in [1.54, 1.807) is 12.1 Å². The van der Waals surface area contributed by atoms with Gasteiger partial charge in [0.15, 0.2) is 10.9 Å². The third kappa shape index (κ3) is 1.70. The van der Waals surface area contributed by atoms with Crippen LogP contribution in [0.3, 0.4) is 0 Å². The van der Waals surface area contributed by atoms with Crippen LogP contribution in [0, 0.1) is 10.1 Å². The molecule has 0 saturated carbocycles. The number of nitrogens with zero attached hydrogens (tertiary/aromatic N) is 3. The average Bonchev–Trinajstić information content (AvgIpc) is 2.35. The number of aromatic nitrogens is 2. The van der Waals surface area contributed by atoms with Gasteiger partial charge in [-0.15, -0.1) is 10.2 Å². The van der Waals surface area contributed by atoms with Crippen molar-refractivity contribution in [1.29, 1.82) is 0 Å². The molecule has 3 rings (SSSR count). The monoisotopic (exact) mass is 264 g/mol. The zero-order valence-corrected chi connectivity index (χ0v) is 9.51. The van der Waals surface area contributed by atoms with Crippen LogP contribution in [0.2, 0.25) is 5.15 Å². The summed E-state index contributed by atoms with van der Waals surface area (Å²) in [6.07, 6.45) is 0. The minimum absolute atomic E-state index is 0.0547. The number of hydrogen-bond acceptors (Lipinski definition) is 6. The van der Waals surface area contributed by atoms with Crippen LogP contribution in [-0.2, 0) is 0 Å². The standard InChI is InChI=1S/C10H5ClN4O3/c11-9-4-7-10(14-13-9)18-8-3-5(15(16)17)1-2-6(8)12-7/h1-4,12H. The summed E-state index contributed by atoms with van der Waals surface area (Å²) >= 11 is 5.71. The first-order valence-electron chi connectivity index (χ1n) is 4.90. The smallest absolute Gasteiger partial charge is 0.273 e. The highest BCUT2D eigenvalue weighted by atomic mass is 35.5. The normalized spacial score (nSPS) is 11.8. The zero-order chi connectivity index (χ0) is 12.7. The number of nitro benzene ring substituents is 1. The van der Waals surface area contributed by atoms with E-state index in [4.69, 9.17) is 16.3 Å². The van der Waals surface area contributed by atoms with E-state index in [0.29, 0.717) is 17.1 Å². The number of halogens is 1. The number of benzene rings is 1. The van der Waals surface area contributed by atoms with Gasteiger partial charge in [-0.2, -0.15) is 0 Å². The molecule has 0 bridgehead atoms. The first-order chi connectivity index (χ1) is 8.63. The Morgan fingerprint density at radius 2 is 2.11 bits per heavy atom. The maximum Gasteiger partial charge on any atom is 0.273 e. The fourth-order valence-corrected chi connectivity index (χ4v) is 1.73. The summed E-state index contributed by atoms with van der Waals surface area (Å²) in [4.78, 5) is 10.2. The Balaban J connectivity index is 2.05. The lowest BCUT2D eigenvalue weighted by Crippen LogP contribution is -2.05. The Morgan fingerprint density at radius 1 is 1.28 bits per heavy atom. The Kier molecular flexibility index (Phi) is 2.27. The van der Waals surface area contributed by atoms with E-state index in [2.05, 4.69) is 15.5 Å². The first kappa shape index (κ1) is 10.7. The van der Waals surface area contributed by atoms with Gasteiger partial charge in [0, 0.05) is 12.1 Å². The van der Waals surface area contributed by atoms with Crippen LogP contribution in [0.4, 0.5) is 17.1 Å². The van der Waals surface area contributed by atoms with Crippen molar-refractivity contribution < 1.29 is 9.66 Å². The van der Waals surface area contributed by atoms with Gasteiger partial charge < -0.3 is 10.1 Å². The molecular formula is C10H5ClN4O3. The highest BCUT2D eigenvalue weighted by Crippen LogP contribution is 2.42. The number of nitro groups is 1. The molecule has 0 radical (unpaired) electrons. The molecule has 1 aromatic carbocycles. The van der Waals surface area contributed by atoms with Crippen molar-refractivity contribution in [3.8, 4) is 11.6 Å². The molecule has 0 atom stereocenters. The van der Waals surface area contributed by atoms with E-state index in [1.165, 1.54) is 12.1 Å². The number of rotatable bonds is 1. The molecule has 8 heteroatoms. The molecule has 2 aromatic rings. The minimum Gasteiger partial charge on any atom is -0.434 e. The lowest BCUT2D eigenvalue weighted by Gasteiger charge is -2.19. The Labute approximate surface area is 106 Å².